The van der Waals surface area contributed by atoms with E-state index in [1.807, 2.05) is 12.1 Å². The van der Waals surface area contributed by atoms with E-state index in [1.165, 1.54) is 18.4 Å². The van der Waals surface area contributed by atoms with E-state index in [2.05, 4.69) is 12.2 Å². The molecule has 1 saturated carbocycles. The van der Waals surface area contributed by atoms with Crippen LogP contribution in [-0.2, 0) is 0 Å². The maximum Gasteiger partial charge on any atom is 0.123 e. The van der Waals surface area contributed by atoms with Crippen molar-refractivity contribution in [2.45, 2.75) is 25.7 Å². The molecule has 0 radical (unpaired) electrons. The molecule has 2 rings (SSSR count). The summed E-state index contributed by atoms with van der Waals surface area (Å²) in [5, 5.41) is 3.39. The van der Waals surface area contributed by atoms with Crippen LogP contribution >= 0.6 is 0 Å². The highest BCUT2D eigenvalue weighted by molar-refractivity contribution is 5.23. The molecule has 0 heterocycles. The van der Waals surface area contributed by atoms with Crippen molar-refractivity contribution in [1.29, 1.82) is 0 Å². The van der Waals surface area contributed by atoms with Gasteiger partial charge in [-0.1, -0.05) is 19.1 Å². The van der Waals surface area contributed by atoms with Gasteiger partial charge >= 0.3 is 0 Å². The van der Waals surface area contributed by atoms with Gasteiger partial charge in [-0.2, -0.15) is 0 Å². The summed E-state index contributed by atoms with van der Waals surface area (Å²) in [7, 11) is 0. The molecule has 0 spiro atoms. The maximum absolute atomic E-state index is 12.8. The second kappa shape index (κ2) is 4.75. The predicted molar refractivity (Wildman–Crippen MR) is 60.4 cm³/mol. The van der Waals surface area contributed by atoms with E-state index >= 15 is 0 Å². The Bertz CT molecular complexity index is 307. The lowest BCUT2D eigenvalue weighted by molar-refractivity contribution is 0.247. The fourth-order valence-corrected chi connectivity index (χ4v) is 2.29. The molecule has 0 aromatic heterocycles. The summed E-state index contributed by atoms with van der Waals surface area (Å²) in [4.78, 5) is 0. The number of hydrogen-bond acceptors (Lipinski definition) is 1. The fourth-order valence-electron chi connectivity index (χ4n) is 2.29. The largest absolute Gasteiger partial charge is 0.317 e. The molecule has 1 nitrogen and oxygen atoms in total. The first-order valence-electron chi connectivity index (χ1n) is 5.77. The van der Waals surface area contributed by atoms with Crippen LogP contribution in [0.4, 0.5) is 4.39 Å². The van der Waals surface area contributed by atoms with E-state index in [0.717, 1.165) is 19.0 Å². The van der Waals surface area contributed by atoms with Gasteiger partial charge in [-0.15, -0.1) is 0 Å². The van der Waals surface area contributed by atoms with Gasteiger partial charge in [-0.05, 0) is 55.5 Å². The zero-order valence-corrected chi connectivity index (χ0v) is 9.17. The molecule has 1 fully saturated rings. The van der Waals surface area contributed by atoms with Crippen molar-refractivity contribution in [3.05, 3.63) is 35.6 Å². The number of rotatable bonds is 4. The summed E-state index contributed by atoms with van der Waals surface area (Å²) in [6.45, 7) is 4.26. The normalized spacial score (nSPS) is 24.9. The zero-order valence-electron chi connectivity index (χ0n) is 9.17. The Hall–Kier alpha value is -0.890. The van der Waals surface area contributed by atoms with E-state index in [1.54, 1.807) is 12.1 Å². The van der Waals surface area contributed by atoms with Gasteiger partial charge < -0.3 is 5.32 Å². The van der Waals surface area contributed by atoms with Crippen LogP contribution in [0, 0.1) is 11.7 Å². The van der Waals surface area contributed by atoms with Crippen LogP contribution in [0.3, 0.4) is 0 Å². The smallest absolute Gasteiger partial charge is 0.123 e. The molecule has 1 aromatic carbocycles. The summed E-state index contributed by atoms with van der Waals surface area (Å²) in [6, 6.07) is 6.99. The van der Waals surface area contributed by atoms with Gasteiger partial charge in [-0.3, -0.25) is 0 Å². The SMILES string of the molecule is CCNCC1CCC1c1ccc(F)cc1. The number of nitrogens with one attached hydrogen (secondary N) is 1. The van der Waals surface area contributed by atoms with Crippen molar-refractivity contribution in [3.63, 3.8) is 0 Å². The van der Waals surface area contributed by atoms with Crippen molar-refractivity contribution in [2.75, 3.05) is 13.1 Å². The molecule has 1 aromatic rings. The van der Waals surface area contributed by atoms with Gasteiger partial charge in [0, 0.05) is 0 Å². The van der Waals surface area contributed by atoms with Crippen molar-refractivity contribution < 1.29 is 4.39 Å². The number of hydrogen-bond donors (Lipinski definition) is 1. The van der Waals surface area contributed by atoms with Crippen LogP contribution in [-0.4, -0.2) is 13.1 Å². The Morgan fingerprint density at radius 3 is 2.53 bits per heavy atom. The van der Waals surface area contributed by atoms with E-state index in [4.69, 9.17) is 0 Å². The van der Waals surface area contributed by atoms with Crippen molar-refractivity contribution in [2.24, 2.45) is 5.92 Å². The molecule has 0 bridgehead atoms. The fraction of sp³-hybridized carbons (Fsp3) is 0.538. The summed E-state index contributed by atoms with van der Waals surface area (Å²) in [5.41, 5.74) is 1.30. The molecule has 1 aliphatic rings. The minimum atomic E-state index is -0.138. The Labute approximate surface area is 90.7 Å². The average Bonchev–Trinajstić information content (AvgIpc) is 2.20. The molecule has 2 unspecified atom stereocenters. The zero-order chi connectivity index (χ0) is 10.7. The van der Waals surface area contributed by atoms with E-state index < -0.39 is 0 Å². The minimum Gasteiger partial charge on any atom is -0.317 e. The molecule has 82 valence electrons. The van der Waals surface area contributed by atoms with Gasteiger partial charge in [0.15, 0.2) is 0 Å². The van der Waals surface area contributed by atoms with Gasteiger partial charge in [-0.25, -0.2) is 4.39 Å². The van der Waals surface area contributed by atoms with Crippen LogP contribution in [0.5, 0.6) is 0 Å². The topological polar surface area (TPSA) is 12.0 Å². The lowest BCUT2D eigenvalue weighted by atomic mass is 9.70. The first-order valence-corrected chi connectivity index (χ1v) is 5.77. The highest BCUT2D eigenvalue weighted by Gasteiger charge is 2.31. The third kappa shape index (κ3) is 2.37. The van der Waals surface area contributed by atoms with Gasteiger partial charge in [0.25, 0.3) is 0 Å². The monoisotopic (exact) mass is 207 g/mol. The molecule has 1 aliphatic carbocycles. The first-order chi connectivity index (χ1) is 7.31. The first kappa shape index (κ1) is 10.6. The highest BCUT2D eigenvalue weighted by Crippen LogP contribution is 2.41. The van der Waals surface area contributed by atoms with E-state index in [-0.39, 0.29) is 5.82 Å². The lowest BCUT2D eigenvalue weighted by Gasteiger charge is -2.37. The molecular weight excluding hydrogens is 189 g/mol. The second-order valence-corrected chi connectivity index (χ2v) is 4.30. The summed E-state index contributed by atoms with van der Waals surface area (Å²) in [5.74, 6) is 1.25. The third-order valence-corrected chi connectivity index (χ3v) is 3.37. The van der Waals surface area contributed by atoms with Crippen LogP contribution in [0.2, 0.25) is 0 Å². The molecule has 0 aliphatic heterocycles. The van der Waals surface area contributed by atoms with Crippen LogP contribution < -0.4 is 5.32 Å². The Balaban J connectivity index is 1.96. The maximum atomic E-state index is 12.8. The summed E-state index contributed by atoms with van der Waals surface area (Å²) < 4.78 is 12.8. The summed E-state index contributed by atoms with van der Waals surface area (Å²) in [6.07, 6.45) is 2.55. The standard InChI is InChI=1S/C13H18FN/c1-2-15-9-11-5-8-13(11)10-3-6-12(14)7-4-10/h3-4,6-7,11,13,15H,2,5,8-9H2,1H3. The van der Waals surface area contributed by atoms with Crippen LogP contribution in [0.25, 0.3) is 0 Å². The van der Waals surface area contributed by atoms with Crippen LogP contribution in [0.15, 0.2) is 24.3 Å². The quantitative estimate of drug-likeness (QED) is 0.800. The Morgan fingerprint density at radius 1 is 1.27 bits per heavy atom. The van der Waals surface area contributed by atoms with E-state index in [0.29, 0.717) is 5.92 Å². The summed E-state index contributed by atoms with van der Waals surface area (Å²) >= 11 is 0. The van der Waals surface area contributed by atoms with Crippen molar-refractivity contribution in [3.8, 4) is 0 Å². The highest BCUT2D eigenvalue weighted by atomic mass is 19.1. The van der Waals surface area contributed by atoms with Crippen molar-refractivity contribution >= 4 is 0 Å². The third-order valence-electron chi connectivity index (χ3n) is 3.37. The van der Waals surface area contributed by atoms with Crippen LogP contribution in [0.1, 0.15) is 31.2 Å². The molecule has 15 heavy (non-hydrogen) atoms. The molecule has 2 heteroatoms. The molecule has 0 amide bonds. The lowest BCUT2D eigenvalue weighted by Crippen LogP contribution is -2.33. The second-order valence-electron chi connectivity index (χ2n) is 4.30. The Kier molecular flexibility index (Phi) is 3.37. The van der Waals surface area contributed by atoms with Gasteiger partial charge in [0.2, 0.25) is 0 Å². The van der Waals surface area contributed by atoms with Gasteiger partial charge in [0.1, 0.15) is 5.82 Å². The minimum absolute atomic E-state index is 0.138. The van der Waals surface area contributed by atoms with Gasteiger partial charge in [0.05, 0.1) is 0 Å². The number of benzene rings is 1. The van der Waals surface area contributed by atoms with E-state index in [9.17, 15) is 4.39 Å². The van der Waals surface area contributed by atoms with Crippen molar-refractivity contribution in [1.82, 2.24) is 5.32 Å². The molecule has 2 atom stereocenters. The molecular formula is C13H18FN. The molecule has 1 N–H and O–H groups in total. The average molecular weight is 207 g/mol. The number of halogens is 1. The Morgan fingerprint density at radius 2 is 2.00 bits per heavy atom. The predicted octanol–water partition coefficient (Wildman–Crippen LogP) is 2.93. The molecule has 0 saturated heterocycles.